The Hall–Kier alpha value is -8.33. The minimum atomic E-state index is 0.560. The molecule has 0 aliphatic carbocycles. The summed E-state index contributed by atoms with van der Waals surface area (Å²) in [7, 11) is 0. The van der Waals surface area contributed by atoms with Gasteiger partial charge in [-0.1, -0.05) is 140 Å². The van der Waals surface area contributed by atoms with Crippen LogP contribution in [-0.4, -0.2) is 29.5 Å². The van der Waals surface area contributed by atoms with Crippen molar-refractivity contribution in [2.75, 3.05) is 0 Å². The van der Waals surface area contributed by atoms with Crippen LogP contribution >= 0.6 is 11.3 Å². The van der Waals surface area contributed by atoms with E-state index in [1.165, 1.54) is 10.1 Å². The third kappa shape index (κ3) is 5.76. The fourth-order valence-corrected chi connectivity index (χ4v) is 10.1. The van der Waals surface area contributed by atoms with Crippen molar-refractivity contribution in [3.05, 3.63) is 194 Å². The molecule has 7 nitrogen and oxygen atoms in total. The lowest BCUT2D eigenvalue weighted by Gasteiger charge is -2.10. The lowest BCUT2D eigenvalue weighted by Crippen LogP contribution is -2.00. The highest BCUT2D eigenvalue weighted by Crippen LogP contribution is 2.43. The van der Waals surface area contributed by atoms with Gasteiger partial charge < -0.3 is 8.98 Å². The molecule has 0 atom stereocenters. The third-order valence-electron chi connectivity index (χ3n) is 11.9. The number of furan rings is 1. The molecule has 13 aromatic rings. The Morgan fingerprint density at radius 3 is 1.83 bits per heavy atom. The van der Waals surface area contributed by atoms with Crippen molar-refractivity contribution in [3.63, 3.8) is 0 Å². The van der Waals surface area contributed by atoms with Crippen molar-refractivity contribution in [1.29, 1.82) is 0 Å². The molecule has 0 spiro atoms. The van der Waals surface area contributed by atoms with Crippen LogP contribution < -0.4 is 0 Å². The van der Waals surface area contributed by atoms with Crippen LogP contribution in [0.15, 0.2) is 199 Å². The Morgan fingerprint density at radius 2 is 1.03 bits per heavy atom. The summed E-state index contributed by atoms with van der Waals surface area (Å²) in [5.74, 6) is 2.38. The first-order valence-electron chi connectivity index (χ1n) is 20.8. The Bertz CT molecular complexity index is 3910. The molecule has 0 saturated heterocycles. The van der Waals surface area contributed by atoms with Gasteiger partial charge >= 0.3 is 0 Å². The summed E-state index contributed by atoms with van der Waals surface area (Å²) < 4.78 is 11.1. The van der Waals surface area contributed by atoms with E-state index in [4.69, 9.17) is 29.3 Å². The first kappa shape index (κ1) is 35.4. The van der Waals surface area contributed by atoms with Crippen LogP contribution in [0.1, 0.15) is 0 Å². The Kier molecular flexibility index (Phi) is 7.94. The average molecular weight is 825 g/mol. The first-order valence-corrected chi connectivity index (χ1v) is 21.6. The molecule has 13 rings (SSSR count). The Balaban J connectivity index is 1.01. The minimum absolute atomic E-state index is 0.560. The average Bonchev–Trinajstić information content (AvgIpc) is 4.03. The number of nitrogens with zero attached hydrogens (tertiary/aromatic N) is 6. The zero-order valence-electron chi connectivity index (χ0n) is 33.5. The summed E-state index contributed by atoms with van der Waals surface area (Å²) in [4.78, 5) is 26.1. The molecule has 8 heteroatoms. The summed E-state index contributed by atoms with van der Waals surface area (Å²) in [6, 6.07) is 66.7. The lowest BCUT2D eigenvalue weighted by molar-refractivity contribution is 0.669. The quantitative estimate of drug-likeness (QED) is 0.166. The van der Waals surface area contributed by atoms with Gasteiger partial charge in [-0.2, -0.15) is 0 Å². The lowest BCUT2D eigenvalue weighted by atomic mass is 10.0. The highest BCUT2D eigenvalue weighted by molar-refractivity contribution is 7.26. The van der Waals surface area contributed by atoms with Crippen molar-refractivity contribution in [2.24, 2.45) is 0 Å². The van der Waals surface area contributed by atoms with Crippen molar-refractivity contribution >= 4 is 75.4 Å². The summed E-state index contributed by atoms with van der Waals surface area (Å²) in [6.45, 7) is 0. The zero-order valence-corrected chi connectivity index (χ0v) is 34.3. The molecule has 0 N–H and O–H groups in total. The molecule has 63 heavy (non-hydrogen) atoms. The maximum atomic E-state index is 6.55. The summed E-state index contributed by atoms with van der Waals surface area (Å²) in [5, 5.41) is 5.33. The van der Waals surface area contributed by atoms with Gasteiger partial charge in [0.05, 0.1) is 26.9 Å². The second-order valence-corrected chi connectivity index (χ2v) is 16.7. The zero-order chi connectivity index (χ0) is 41.4. The van der Waals surface area contributed by atoms with Crippen LogP contribution in [-0.2, 0) is 0 Å². The molecule has 0 bridgehead atoms. The predicted octanol–water partition coefficient (Wildman–Crippen LogP) is 14.4. The number of hydrogen-bond donors (Lipinski definition) is 0. The van der Waals surface area contributed by atoms with E-state index in [9.17, 15) is 0 Å². The molecule has 0 radical (unpaired) electrons. The Morgan fingerprint density at radius 1 is 0.397 bits per heavy atom. The monoisotopic (exact) mass is 824 g/mol. The van der Waals surface area contributed by atoms with Crippen LogP contribution in [0.2, 0.25) is 0 Å². The highest BCUT2D eigenvalue weighted by Gasteiger charge is 2.22. The van der Waals surface area contributed by atoms with E-state index in [0.29, 0.717) is 23.3 Å². The topological polar surface area (TPSA) is 82.5 Å². The summed E-state index contributed by atoms with van der Waals surface area (Å²) in [5.41, 5.74) is 11.2. The summed E-state index contributed by atoms with van der Waals surface area (Å²) >= 11 is 1.73. The molecule has 0 aliphatic rings. The number of thiophene rings is 1. The Labute approximate surface area is 364 Å². The largest absolute Gasteiger partial charge is 0.456 e. The molecule has 0 amide bonds. The number of para-hydroxylation sites is 2. The first-order chi connectivity index (χ1) is 31.2. The molecule has 0 saturated carbocycles. The van der Waals surface area contributed by atoms with E-state index in [-0.39, 0.29) is 0 Å². The number of rotatable bonds is 6. The second kappa shape index (κ2) is 14.1. The molecule has 0 unspecified atom stereocenters. The minimum Gasteiger partial charge on any atom is -0.456 e. The van der Waals surface area contributed by atoms with Gasteiger partial charge in [0.2, 0.25) is 0 Å². The van der Waals surface area contributed by atoms with Gasteiger partial charge in [0.1, 0.15) is 11.2 Å². The molecule has 294 valence electrons. The number of benzene rings is 8. The van der Waals surface area contributed by atoms with Gasteiger partial charge in [-0.3, -0.25) is 0 Å². The van der Waals surface area contributed by atoms with Crippen LogP contribution in [0.3, 0.4) is 0 Å². The van der Waals surface area contributed by atoms with Crippen LogP contribution in [0.4, 0.5) is 0 Å². The standard InChI is InChI=1S/C55H32N6OS/c1-4-15-33(16-5-1)49-51-50(40-22-11-13-26-47(40)63-51)57-55(56-49)41-23-14-25-46-48(41)42-31-35(28-30-45(42)62-46)53-58-52(34-17-6-2-7-18-34)59-54(60-53)36-27-29-39-38-21-10-12-24-43(38)61(44(39)32-36)37-19-8-3-9-20-37/h1-32H. The van der Waals surface area contributed by atoms with Gasteiger partial charge in [0.15, 0.2) is 23.3 Å². The smallest absolute Gasteiger partial charge is 0.164 e. The fourth-order valence-electron chi connectivity index (χ4n) is 8.97. The number of aromatic nitrogens is 6. The third-order valence-corrected chi connectivity index (χ3v) is 13.0. The molecular weight excluding hydrogens is 793 g/mol. The van der Waals surface area contributed by atoms with Gasteiger partial charge in [-0.05, 0) is 54.6 Å². The van der Waals surface area contributed by atoms with Crippen LogP contribution in [0, 0.1) is 0 Å². The number of fused-ring (bicyclic) bond motifs is 9. The van der Waals surface area contributed by atoms with Gasteiger partial charge in [0, 0.05) is 65.1 Å². The van der Waals surface area contributed by atoms with E-state index in [1.807, 2.05) is 66.7 Å². The van der Waals surface area contributed by atoms with Crippen LogP contribution in [0.5, 0.6) is 0 Å². The SMILES string of the molecule is c1ccc(-c2nc(-c3ccc4oc5cccc(-c6nc(-c7ccccc7)c7sc8ccccc8c7n6)c5c4c3)nc(-c3ccc4c5ccccc5n(-c5ccccc5)c4c3)n2)cc1. The molecule has 5 heterocycles. The predicted molar refractivity (Wildman–Crippen MR) is 257 cm³/mol. The van der Waals surface area contributed by atoms with Gasteiger partial charge in [0.25, 0.3) is 0 Å². The van der Waals surface area contributed by atoms with E-state index < -0.39 is 0 Å². The van der Waals surface area contributed by atoms with E-state index >= 15 is 0 Å². The van der Waals surface area contributed by atoms with E-state index in [1.54, 1.807) is 11.3 Å². The van der Waals surface area contributed by atoms with E-state index in [2.05, 4.69) is 132 Å². The van der Waals surface area contributed by atoms with Gasteiger partial charge in [-0.25, -0.2) is 24.9 Å². The molecule has 8 aromatic carbocycles. The van der Waals surface area contributed by atoms with Crippen molar-refractivity contribution in [2.45, 2.75) is 0 Å². The summed E-state index contributed by atoms with van der Waals surface area (Å²) in [6.07, 6.45) is 0. The maximum Gasteiger partial charge on any atom is 0.164 e. The van der Waals surface area contributed by atoms with Crippen molar-refractivity contribution in [3.8, 4) is 62.5 Å². The fraction of sp³-hybridized carbons (Fsp3) is 0. The van der Waals surface area contributed by atoms with Crippen LogP contribution in [0.25, 0.3) is 127 Å². The molecule has 5 aromatic heterocycles. The molecule has 0 fully saturated rings. The van der Waals surface area contributed by atoms with Gasteiger partial charge in [-0.15, -0.1) is 11.3 Å². The van der Waals surface area contributed by atoms with E-state index in [0.717, 1.165) is 93.2 Å². The molecular formula is C55H32N6OS. The molecule has 0 aliphatic heterocycles. The van der Waals surface area contributed by atoms with Crippen molar-refractivity contribution < 1.29 is 4.42 Å². The number of hydrogen-bond acceptors (Lipinski definition) is 7. The van der Waals surface area contributed by atoms with Crippen molar-refractivity contribution in [1.82, 2.24) is 29.5 Å². The normalized spacial score (nSPS) is 11.8. The second-order valence-electron chi connectivity index (χ2n) is 15.6. The maximum absolute atomic E-state index is 6.55. The highest BCUT2D eigenvalue weighted by atomic mass is 32.1.